The Morgan fingerprint density at radius 1 is 1.00 bits per heavy atom. The first-order valence-electron chi connectivity index (χ1n) is 9.93. The van der Waals surface area contributed by atoms with Crippen LogP contribution in [0.2, 0.25) is 0 Å². The molecule has 2 unspecified atom stereocenters. The van der Waals surface area contributed by atoms with Crippen LogP contribution in [0.1, 0.15) is 45.6 Å². The van der Waals surface area contributed by atoms with E-state index in [9.17, 15) is 4.79 Å². The molecule has 4 nitrogen and oxygen atoms in total. The number of rotatable bonds is 1. The first-order valence-corrected chi connectivity index (χ1v) is 9.93. The van der Waals surface area contributed by atoms with Gasteiger partial charge in [0.25, 0.3) is 5.91 Å². The number of carbonyl (C=O) groups excluding carboxylic acids is 1. The van der Waals surface area contributed by atoms with Gasteiger partial charge in [-0.15, -0.1) is 0 Å². The summed E-state index contributed by atoms with van der Waals surface area (Å²) in [6, 6.07) is 17.8. The van der Waals surface area contributed by atoms with Gasteiger partial charge in [0, 0.05) is 36.8 Å². The molecule has 4 aliphatic rings. The highest BCUT2D eigenvalue weighted by atomic mass is 16.2. The Labute approximate surface area is 164 Å². The van der Waals surface area contributed by atoms with Crippen molar-refractivity contribution >= 4 is 5.91 Å². The predicted molar refractivity (Wildman–Crippen MR) is 106 cm³/mol. The Bertz CT molecular complexity index is 1050. The topological polar surface area (TPSA) is 46.1 Å². The molecule has 28 heavy (non-hydrogen) atoms. The molecule has 1 aliphatic heterocycles. The van der Waals surface area contributed by atoms with Gasteiger partial charge < -0.3 is 4.90 Å². The number of hydrogen-bond acceptors (Lipinski definition) is 3. The SMILES string of the molecule is CC12c3ccccc3C(c3ccccc31)C1CN(C(=O)c3cnccn3)CC12. The summed E-state index contributed by atoms with van der Waals surface area (Å²) in [6.45, 7) is 3.94. The summed E-state index contributed by atoms with van der Waals surface area (Å²) in [7, 11) is 0. The Hall–Kier alpha value is -3.01. The third kappa shape index (κ3) is 1.88. The molecule has 2 atom stereocenters. The third-order valence-electron chi connectivity index (χ3n) is 7.32. The van der Waals surface area contributed by atoms with Crippen LogP contribution in [0.15, 0.2) is 67.1 Å². The summed E-state index contributed by atoms with van der Waals surface area (Å²) in [5, 5.41) is 0. The van der Waals surface area contributed by atoms with Crippen molar-refractivity contribution in [3.05, 3.63) is 95.1 Å². The molecule has 2 aromatic carbocycles. The number of carbonyl (C=O) groups is 1. The van der Waals surface area contributed by atoms with Gasteiger partial charge in [-0.25, -0.2) is 4.98 Å². The maximum Gasteiger partial charge on any atom is 0.274 e. The lowest BCUT2D eigenvalue weighted by atomic mass is 9.48. The molecule has 4 heteroatoms. The van der Waals surface area contributed by atoms with Crippen molar-refractivity contribution in [1.29, 1.82) is 0 Å². The van der Waals surface area contributed by atoms with Gasteiger partial charge in [-0.05, 0) is 34.1 Å². The quantitative estimate of drug-likeness (QED) is 0.660. The van der Waals surface area contributed by atoms with Crippen LogP contribution in [0, 0.1) is 11.8 Å². The van der Waals surface area contributed by atoms with Gasteiger partial charge in [0.2, 0.25) is 0 Å². The van der Waals surface area contributed by atoms with Gasteiger partial charge in [-0.1, -0.05) is 55.5 Å². The fraction of sp³-hybridized carbons (Fsp3) is 0.292. The van der Waals surface area contributed by atoms with E-state index in [-0.39, 0.29) is 11.3 Å². The third-order valence-corrected chi connectivity index (χ3v) is 7.32. The van der Waals surface area contributed by atoms with Crippen molar-refractivity contribution < 1.29 is 4.79 Å². The largest absolute Gasteiger partial charge is 0.337 e. The van der Waals surface area contributed by atoms with Gasteiger partial charge in [-0.3, -0.25) is 9.78 Å². The minimum absolute atomic E-state index is 0.00128. The van der Waals surface area contributed by atoms with Crippen molar-refractivity contribution in [1.82, 2.24) is 14.9 Å². The highest BCUT2D eigenvalue weighted by Gasteiger charge is 2.59. The van der Waals surface area contributed by atoms with E-state index >= 15 is 0 Å². The molecule has 1 saturated heterocycles. The number of benzene rings is 2. The van der Waals surface area contributed by atoms with E-state index in [4.69, 9.17) is 0 Å². The van der Waals surface area contributed by atoms with Gasteiger partial charge in [0.15, 0.2) is 0 Å². The number of likely N-dealkylation sites (tertiary alicyclic amines) is 1. The van der Waals surface area contributed by atoms with Crippen LogP contribution >= 0.6 is 0 Å². The molecular formula is C24H21N3O. The van der Waals surface area contributed by atoms with Crippen LogP contribution in [-0.2, 0) is 5.41 Å². The maximum atomic E-state index is 13.1. The summed E-state index contributed by atoms with van der Waals surface area (Å²) < 4.78 is 0. The molecule has 0 saturated carbocycles. The summed E-state index contributed by atoms with van der Waals surface area (Å²) in [6.07, 6.45) is 4.77. The van der Waals surface area contributed by atoms with Crippen molar-refractivity contribution in [2.45, 2.75) is 18.3 Å². The Balaban J connectivity index is 1.48. The molecule has 2 heterocycles. The Morgan fingerprint density at radius 3 is 2.32 bits per heavy atom. The first-order chi connectivity index (χ1) is 13.7. The van der Waals surface area contributed by atoms with Crippen LogP contribution in [0.3, 0.4) is 0 Å². The molecule has 1 fully saturated rings. The summed E-state index contributed by atoms with van der Waals surface area (Å²) >= 11 is 0. The molecule has 0 spiro atoms. The zero-order valence-corrected chi connectivity index (χ0v) is 15.7. The van der Waals surface area contributed by atoms with E-state index in [0.29, 0.717) is 23.4 Å². The minimum Gasteiger partial charge on any atom is -0.337 e. The highest BCUT2D eigenvalue weighted by Crippen LogP contribution is 2.63. The van der Waals surface area contributed by atoms with Crippen molar-refractivity contribution in [2.24, 2.45) is 11.8 Å². The van der Waals surface area contributed by atoms with Crippen LogP contribution in [-0.4, -0.2) is 33.9 Å². The number of nitrogens with zero attached hydrogens (tertiary/aromatic N) is 3. The fourth-order valence-corrected chi connectivity index (χ4v) is 6.17. The standard InChI is InChI=1S/C24H21N3O/c1-24-18-8-4-2-6-15(18)22(16-7-3-5-9-19(16)24)17-13-27(14-20(17)24)23(28)21-12-25-10-11-26-21/h2-12,17,20,22H,13-14H2,1H3. The molecule has 0 N–H and O–H groups in total. The lowest BCUT2D eigenvalue weighted by Gasteiger charge is -2.54. The van der Waals surface area contributed by atoms with Crippen molar-refractivity contribution in [3.63, 3.8) is 0 Å². The zero-order valence-electron chi connectivity index (χ0n) is 15.7. The number of amides is 1. The molecule has 138 valence electrons. The van der Waals surface area contributed by atoms with Crippen molar-refractivity contribution in [3.8, 4) is 0 Å². The summed E-state index contributed by atoms with van der Waals surface area (Å²) in [4.78, 5) is 23.4. The van der Waals surface area contributed by atoms with E-state index in [1.165, 1.54) is 22.3 Å². The van der Waals surface area contributed by atoms with E-state index in [0.717, 1.165) is 13.1 Å². The highest BCUT2D eigenvalue weighted by molar-refractivity contribution is 5.92. The average Bonchev–Trinajstić information content (AvgIpc) is 3.21. The molecule has 0 radical (unpaired) electrons. The minimum atomic E-state index is -0.0655. The Kier molecular flexibility index (Phi) is 3.14. The van der Waals surface area contributed by atoms with Crippen LogP contribution in [0.4, 0.5) is 0 Å². The lowest BCUT2D eigenvalue weighted by molar-refractivity contribution is 0.0775. The van der Waals surface area contributed by atoms with Gasteiger partial charge in [0.05, 0.1) is 6.20 Å². The zero-order chi connectivity index (χ0) is 18.9. The summed E-state index contributed by atoms with van der Waals surface area (Å²) in [5.74, 6) is 1.22. The molecule has 1 aromatic heterocycles. The summed E-state index contributed by atoms with van der Waals surface area (Å²) in [5.41, 5.74) is 6.14. The second-order valence-electron chi connectivity index (χ2n) is 8.43. The Morgan fingerprint density at radius 2 is 1.68 bits per heavy atom. The van der Waals surface area contributed by atoms with Crippen LogP contribution < -0.4 is 0 Å². The van der Waals surface area contributed by atoms with Crippen LogP contribution in [0.25, 0.3) is 0 Å². The normalized spacial score (nSPS) is 29.2. The molecule has 7 rings (SSSR count). The number of aromatic nitrogens is 2. The van der Waals surface area contributed by atoms with E-state index in [2.05, 4.69) is 65.4 Å². The van der Waals surface area contributed by atoms with E-state index in [1.807, 2.05) is 4.90 Å². The van der Waals surface area contributed by atoms with E-state index in [1.54, 1.807) is 18.6 Å². The molecule has 2 bridgehead atoms. The molecular weight excluding hydrogens is 346 g/mol. The lowest BCUT2D eigenvalue weighted by Crippen LogP contribution is -2.50. The average molecular weight is 367 g/mol. The molecule has 1 amide bonds. The van der Waals surface area contributed by atoms with Gasteiger partial charge in [0.1, 0.15) is 5.69 Å². The second-order valence-corrected chi connectivity index (χ2v) is 8.43. The molecule has 3 aliphatic carbocycles. The van der Waals surface area contributed by atoms with Gasteiger partial charge in [-0.2, -0.15) is 0 Å². The fourth-order valence-electron chi connectivity index (χ4n) is 6.17. The first kappa shape index (κ1) is 16.0. The van der Waals surface area contributed by atoms with Crippen LogP contribution in [0.5, 0.6) is 0 Å². The van der Waals surface area contributed by atoms with Crippen molar-refractivity contribution in [2.75, 3.05) is 13.1 Å². The predicted octanol–water partition coefficient (Wildman–Crippen LogP) is 3.63. The maximum absolute atomic E-state index is 13.1. The smallest absolute Gasteiger partial charge is 0.274 e. The van der Waals surface area contributed by atoms with Gasteiger partial charge >= 0.3 is 0 Å². The number of hydrogen-bond donors (Lipinski definition) is 0. The van der Waals surface area contributed by atoms with E-state index < -0.39 is 0 Å². The second kappa shape index (κ2) is 5.51. The molecule has 3 aromatic rings. The monoisotopic (exact) mass is 367 g/mol.